The van der Waals surface area contributed by atoms with Gasteiger partial charge in [0.15, 0.2) is 6.10 Å². The fourth-order valence-corrected chi connectivity index (χ4v) is 2.35. The van der Waals surface area contributed by atoms with Gasteiger partial charge in [-0.2, -0.15) is 0 Å². The van der Waals surface area contributed by atoms with Crippen LogP contribution < -0.4 is 10.1 Å². The van der Waals surface area contributed by atoms with E-state index >= 15 is 0 Å². The smallest absolute Gasteiger partial charge is 0.260 e. The second-order valence-corrected chi connectivity index (χ2v) is 6.11. The van der Waals surface area contributed by atoms with E-state index in [1.165, 1.54) is 0 Å². The Morgan fingerprint density at radius 3 is 2.64 bits per heavy atom. The van der Waals surface area contributed by atoms with Crippen molar-refractivity contribution in [3.63, 3.8) is 0 Å². The van der Waals surface area contributed by atoms with Gasteiger partial charge in [0.2, 0.25) is 0 Å². The quantitative estimate of drug-likeness (QED) is 0.797. The van der Waals surface area contributed by atoms with E-state index in [1.807, 2.05) is 19.1 Å². The Balaban J connectivity index is 2.47. The van der Waals surface area contributed by atoms with Crippen LogP contribution in [0, 0.1) is 6.92 Å². The summed E-state index contributed by atoms with van der Waals surface area (Å²) < 4.78 is 5.66. The van der Waals surface area contributed by atoms with Crippen molar-refractivity contribution in [3.05, 3.63) is 28.8 Å². The third-order valence-corrected chi connectivity index (χ3v) is 3.91. The Morgan fingerprint density at radius 1 is 1.36 bits per heavy atom. The van der Waals surface area contributed by atoms with Crippen LogP contribution in [0.4, 0.5) is 0 Å². The van der Waals surface area contributed by atoms with Crippen LogP contribution in [-0.2, 0) is 4.79 Å². The van der Waals surface area contributed by atoms with Gasteiger partial charge in [-0.05, 0) is 51.9 Å². The lowest BCUT2D eigenvalue weighted by molar-refractivity contribution is -0.127. The van der Waals surface area contributed by atoms with E-state index in [9.17, 15) is 4.79 Å². The average Bonchev–Trinajstić information content (AvgIpc) is 2.46. The Labute approximate surface area is 138 Å². The summed E-state index contributed by atoms with van der Waals surface area (Å²) in [4.78, 5) is 14.4. The van der Waals surface area contributed by atoms with Crippen LogP contribution in [0.3, 0.4) is 0 Å². The molecule has 1 rings (SSSR count). The number of nitrogens with one attached hydrogen (secondary N) is 1. The minimum Gasteiger partial charge on any atom is -0.479 e. The molecule has 5 heteroatoms. The molecular formula is C17H27ClN2O2. The van der Waals surface area contributed by atoms with Crippen LogP contribution in [0.5, 0.6) is 5.75 Å². The van der Waals surface area contributed by atoms with Gasteiger partial charge in [-0.25, -0.2) is 0 Å². The molecular weight excluding hydrogens is 300 g/mol. The molecule has 0 saturated heterocycles. The van der Waals surface area contributed by atoms with E-state index in [4.69, 9.17) is 16.3 Å². The molecule has 1 N–H and O–H groups in total. The van der Waals surface area contributed by atoms with Gasteiger partial charge >= 0.3 is 0 Å². The molecule has 4 nitrogen and oxygen atoms in total. The normalized spacial score (nSPS) is 12.5. The van der Waals surface area contributed by atoms with Gasteiger partial charge in [0.05, 0.1) is 5.02 Å². The molecule has 0 bridgehead atoms. The molecule has 1 amide bonds. The van der Waals surface area contributed by atoms with Crippen LogP contribution in [0.25, 0.3) is 0 Å². The topological polar surface area (TPSA) is 41.6 Å². The number of carbonyl (C=O) groups excluding carboxylic acids is 1. The van der Waals surface area contributed by atoms with Gasteiger partial charge in [-0.15, -0.1) is 0 Å². The molecule has 0 spiro atoms. The summed E-state index contributed by atoms with van der Waals surface area (Å²) in [5.74, 6) is 0.416. The zero-order valence-corrected chi connectivity index (χ0v) is 14.9. The number of nitrogens with zero attached hydrogens (tertiary/aromatic N) is 1. The van der Waals surface area contributed by atoms with Crippen molar-refractivity contribution in [1.82, 2.24) is 10.2 Å². The molecule has 0 saturated carbocycles. The molecule has 22 heavy (non-hydrogen) atoms. The number of likely N-dealkylation sites (N-methyl/N-ethyl adjacent to an activating group) is 1. The Morgan fingerprint density at radius 2 is 2.05 bits per heavy atom. The molecule has 1 atom stereocenters. The molecule has 124 valence electrons. The number of rotatable bonds is 8. The second kappa shape index (κ2) is 9.01. The number of benzene rings is 1. The summed E-state index contributed by atoms with van der Waals surface area (Å²) in [7, 11) is 0. The van der Waals surface area contributed by atoms with Crippen molar-refractivity contribution in [2.24, 2.45) is 0 Å². The van der Waals surface area contributed by atoms with Crippen LogP contribution >= 0.6 is 11.6 Å². The molecule has 0 radical (unpaired) electrons. The summed E-state index contributed by atoms with van der Waals surface area (Å²) in [6.45, 7) is 12.5. The highest BCUT2D eigenvalue weighted by Crippen LogP contribution is 2.26. The summed E-state index contributed by atoms with van der Waals surface area (Å²) in [5.41, 5.74) is 1.04. The Kier molecular flexibility index (Phi) is 7.69. The van der Waals surface area contributed by atoms with E-state index in [2.05, 4.69) is 31.0 Å². The van der Waals surface area contributed by atoms with Gasteiger partial charge in [0.25, 0.3) is 5.91 Å². The standard InChI is InChI=1S/C17H27ClN2O2/c1-6-20(12(2)3)10-9-19-17(21)14(5)22-16-11-13(4)7-8-15(16)18/h7-8,11-12,14H,6,9-10H2,1-5H3,(H,19,21). The fraction of sp³-hybridized carbons (Fsp3) is 0.588. The number of amides is 1. The summed E-state index contributed by atoms with van der Waals surface area (Å²) in [5, 5.41) is 3.42. The maximum absolute atomic E-state index is 12.1. The zero-order chi connectivity index (χ0) is 16.7. The molecule has 0 aromatic heterocycles. The van der Waals surface area contributed by atoms with Gasteiger partial charge in [-0.1, -0.05) is 24.6 Å². The predicted octanol–water partition coefficient (Wildman–Crippen LogP) is 3.26. The molecule has 1 aromatic carbocycles. The summed E-state index contributed by atoms with van der Waals surface area (Å²) in [6.07, 6.45) is -0.576. The molecule has 1 aromatic rings. The number of halogens is 1. The number of aryl methyl sites for hydroxylation is 1. The summed E-state index contributed by atoms with van der Waals surface area (Å²) in [6, 6.07) is 6.00. The third kappa shape index (κ3) is 5.85. The lowest BCUT2D eigenvalue weighted by atomic mass is 10.2. The Bertz CT molecular complexity index is 492. The van der Waals surface area contributed by atoms with E-state index in [-0.39, 0.29) is 5.91 Å². The van der Waals surface area contributed by atoms with E-state index in [0.717, 1.165) is 18.7 Å². The van der Waals surface area contributed by atoms with Crippen LogP contribution in [0.1, 0.15) is 33.3 Å². The highest BCUT2D eigenvalue weighted by molar-refractivity contribution is 6.32. The minimum absolute atomic E-state index is 0.127. The van der Waals surface area contributed by atoms with E-state index in [1.54, 1.807) is 13.0 Å². The van der Waals surface area contributed by atoms with Crippen molar-refractivity contribution in [2.75, 3.05) is 19.6 Å². The van der Waals surface area contributed by atoms with Crippen molar-refractivity contribution in [1.29, 1.82) is 0 Å². The molecule has 0 heterocycles. The SMILES string of the molecule is CCN(CCNC(=O)C(C)Oc1cc(C)ccc1Cl)C(C)C. The number of hydrogen-bond acceptors (Lipinski definition) is 3. The van der Waals surface area contributed by atoms with Gasteiger partial charge in [0.1, 0.15) is 5.75 Å². The maximum Gasteiger partial charge on any atom is 0.260 e. The summed E-state index contributed by atoms with van der Waals surface area (Å²) >= 11 is 6.08. The highest BCUT2D eigenvalue weighted by atomic mass is 35.5. The molecule has 0 fully saturated rings. The zero-order valence-electron chi connectivity index (χ0n) is 14.1. The first-order valence-corrected chi connectivity index (χ1v) is 8.17. The first-order valence-electron chi connectivity index (χ1n) is 7.79. The molecule has 0 aliphatic rings. The lowest BCUT2D eigenvalue weighted by Crippen LogP contribution is -2.42. The van der Waals surface area contributed by atoms with Crippen LogP contribution in [0.2, 0.25) is 5.02 Å². The average molecular weight is 327 g/mol. The minimum atomic E-state index is -0.576. The van der Waals surface area contributed by atoms with Crippen LogP contribution in [-0.4, -0.2) is 42.6 Å². The van der Waals surface area contributed by atoms with Gasteiger partial charge < -0.3 is 10.1 Å². The predicted molar refractivity (Wildman–Crippen MR) is 91.7 cm³/mol. The fourth-order valence-electron chi connectivity index (χ4n) is 2.19. The van der Waals surface area contributed by atoms with E-state index < -0.39 is 6.10 Å². The number of carbonyl (C=O) groups is 1. The second-order valence-electron chi connectivity index (χ2n) is 5.71. The van der Waals surface area contributed by atoms with Crippen molar-refractivity contribution >= 4 is 17.5 Å². The molecule has 1 unspecified atom stereocenters. The first-order chi connectivity index (χ1) is 10.3. The largest absolute Gasteiger partial charge is 0.479 e. The van der Waals surface area contributed by atoms with Crippen molar-refractivity contribution in [3.8, 4) is 5.75 Å². The lowest BCUT2D eigenvalue weighted by Gasteiger charge is -2.25. The number of hydrogen-bond donors (Lipinski definition) is 1. The highest BCUT2D eigenvalue weighted by Gasteiger charge is 2.16. The molecule has 0 aliphatic carbocycles. The van der Waals surface area contributed by atoms with Gasteiger partial charge in [0, 0.05) is 19.1 Å². The Hall–Kier alpha value is -1.26. The number of ether oxygens (including phenoxy) is 1. The third-order valence-electron chi connectivity index (χ3n) is 3.59. The van der Waals surface area contributed by atoms with Crippen LogP contribution in [0.15, 0.2) is 18.2 Å². The van der Waals surface area contributed by atoms with Crippen molar-refractivity contribution < 1.29 is 9.53 Å². The van der Waals surface area contributed by atoms with E-state index in [0.29, 0.717) is 23.4 Å². The monoisotopic (exact) mass is 326 g/mol. The maximum atomic E-state index is 12.1. The van der Waals surface area contributed by atoms with Crippen molar-refractivity contribution in [2.45, 2.75) is 46.8 Å². The first kappa shape index (κ1) is 18.8. The van der Waals surface area contributed by atoms with Gasteiger partial charge in [-0.3, -0.25) is 9.69 Å². The molecule has 0 aliphatic heterocycles.